The van der Waals surface area contributed by atoms with Crippen molar-refractivity contribution in [2.75, 3.05) is 63.2 Å². The first-order valence-electron chi connectivity index (χ1n) is 25.2. The van der Waals surface area contributed by atoms with Gasteiger partial charge in [-0.25, -0.2) is 13.8 Å². The van der Waals surface area contributed by atoms with Crippen LogP contribution in [0.25, 0.3) is 22.8 Å². The molecule has 3 saturated heterocycles. The zero-order valence-corrected chi connectivity index (χ0v) is 42.8. The average molecular weight is 1010 g/mol. The Labute approximate surface area is 423 Å². The monoisotopic (exact) mass is 1010 g/mol. The molecule has 4 aliphatic rings. The number of hydrogen-bond acceptors (Lipinski definition) is 14. The van der Waals surface area contributed by atoms with E-state index in [9.17, 15) is 14.4 Å². The largest absolute Gasteiger partial charge is 0.342 e. The highest BCUT2D eigenvalue weighted by molar-refractivity contribution is 8.00. The van der Waals surface area contributed by atoms with Gasteiger partial charge in [-0.3, -0.25) is 19.1 Å². The van der Waals surface area contributed by atoms with Crippen molar-refractivity contribution in [1.29, 1.82) is 0 Å². The van der Waals surface area contributed by atoms with Crippen molar-refractivity contribution < 1.29 is 23.5 Å². The maximum absolute atomic E-state index is 13.7. The number of thioether (sulfide) groups is 3. The van der Waals surface area contributed by atoms with E-state index in [1.807, 2.05) is 20.4 Å². The first-order valence-corrected chi connectivity index (χ1v) is 28.0. The predicted molar refractivity (Wildman–Crippen MR) is 270 cm³/mol. The van der Waals surface area contributed by atoms with Crippen LogP contribution in [0.1, 0.15) is 108 Å². The third-order valence-corrected chi connectivity index (χ3v) is 17.2. The second-order valence-corrected chi connectivity index (χ2v) is 21.9. The zero-order valence-electron chi connectivity index (χ0n) is 40.3. The number of rotatable bonds is 19. The van der Waals surface area contributed by atoms with Crippen LogP contribution in [0.3, 0.4) is 0 Å². The van der Waals surface area contributed by atoms with Crippen molar-refractivity contribution in [3.8, 4) is 22.8 Å². The minimum Gasteiger partial charge on any atom is -0.342 e. The molecule has 8 heterocycles. The van der Waals surface area contributed by atoms with Crippen molar-refractivity contribution in [1.82, 2.24) is 59.1 Å². The standard InChI is InChI=1S/C49H67N15O3S3/c1-3-21-63-45(52-55-48(63)69-34-42(66)60-22-9-6-10-23-60)38-15-26-58(27-16-38)39-14-11-24-61(30-20-39)43(67)35-68-47-54-51-44(62(47)4-2)37-17-28-59(29-18-37)40-19-25-57(31-40)32-41(33-65)70-49-56-53-46(64(49)50)36-12-7-5-8-13-36/h3,15-18,26-29,33,36,39-41H,1,4-14,19-25,30-32,34-35,50H2,2H3/q+2. The molecule has 5 aromatic heterocycles. The van der Waals surface area contributed by atoms with Gasteiger partial charge in [-0.1, -0.05) is 60.6 Å². The van der Waals surface area contributed by atoms with Crippen LogP contribution in [0.2, 0.25) is 0 Å². The lowest BCUT2D eigenvalue weighted by Gasteiger charge is -2.26. The first kappa shape index (κ1) is 49.8. The molecule has 2 amide bonds. The van der Waals surface area contributed by atoms with Crippen molar-refractivity contribution in [3.63, 3.8) is 0 Å². The molecular weight excluding hydrogens is 943 g/mol. The Morgan fingerprint density at radius 3 is 1.91 bits per heavy atom. The van der Waals surface area contributed by atoms with E-state index >= 15 is 0 Å². The molecule has 3 unspecified atom stereocenters. The molecule has 0 spiro atoms. The highest BCUT2D eigenvalue weighted by Gasteiger charge is 2.33. The van der Waals surface area contributed by atoms with Crippen LogP contribution in [0.15, 0.2) is 77.2 Å². The quantitative estimate of drug-likeness (QED) is 0.0365. The fraction of sp³-hybridized carbons (Fsp3) is 0.571. The van der Waals surface area contributed by atoms with Gasteiger partial charge in [0.05, 0.1) is 23.3 Å². The number of nitrogens with two attached hydrogens (primary N) is 1. The number of amides is 2. The lowest BCUT2D eigenvalue weighted by atomic mass is 9.89. The molecular formula is C49H67N15O3S3+2. The summed E-state index contributed by atoms with van der Waals surface area (Å²) < 4.78 is 10.2. The number of carbonyl (C=O) groups is 3. The highest BCUT2D eigenvalue weighted by atomic mass is 32.2. The Hall–Kier alpha value is -5.12. The number of likely N-dealkylation sites (tertiary alicyclic amines) is 3. The zero-order chi connectivity index (χ0) is 48.4. The molecule has 372 valence electrons. The van der Waals surface area contributed by atoms with Crippen LogP contribution < -0.4 is 15.0 Å². The summed E-state index contributed by atoms with van der Waals surface area (Å²) in [5.41, 5.74) is 1.92. The lowest BCUT2D eigenvalue weighted by molar-refractivity contribution is -0.724. The number of pyridine rings is 2. The predicted octanol–water partition coefficient (Wildman–Crippen LogP) is 5.39. The summed E-state index contributed by atoms with van der Waals surface area (Å²) in [7, 11) is 0. The fourth-order valence-electron chi connectivity index (χ4n) is 10.4. The Kier molecular flexibility index (Phi) is 17.0. The van der Waals surface area contributed by atoms with Gasteiger partial charge in [0.15, 0.2) is 64.7 Å². The van der Waals surface area contributed by atoms with Crippen molar-refractivity contribution in [3.05, 3.63) is 67.5 Å². The van der Waals surface area contributed by atoms with Crippen LogP contribution in [0, 0.1) is 0 Å². The maximum Gasteiger partial charge on any atom is 0.233 e. The van der Waals surface area contributed by atoms with E-state index in [4.69, 9.17) is 5.84 Å². The number of aromatic nitrogens is 11. The maximum atomic E-state index is 13.7. The molecule has 70 heavy (non-hydrogen) atoms. The first-order chi connectivity index (χ1) is 34.3. The van der Waals surface area contributed by atoms with Crippen LogP contribution in [-0.2, 0) is 27.5 Å². The van der Waals surface area contributed by atoms with Crippen LogP contribution in [-0.4, -0.2) is 140 Å². The number of nitrogen functional groups attached to an aromatic ring is 1. The average Bonchev–Trinajstić information content (AvgIpc) is 4.19. The summed E-state index contributed by atoms with van der Waals surface area (Å²) in [5.74, 6) is 10.1. The van der Waals surface area contributed by atoms with Crippen molar-refractivity contribution in [2.24, 2.45) is 0 Å². The van der Waals surface area contributed by atoms with Gasteiger partial charge >= 0.3 is 0 Å². The topological polar surface area (TPSA) is 187 Å². The van der Waals surface area contributed by atoms with Crippen molar-refractivity contribution >= 4 is 53.4 Å². The minimum absolute atomic E-state index is 0.113. The molecule has 0 bridgehead atoms. The molecule has 2 N–H and O–H groups in total. The number of hydrogen-bond donors (Lipinski definition) is 1. The third-order valence-electron chi connectivity index (χ3n) is 14.3. The van der Waals surface area contributed by atoms with Gasteiger partial charge in [-0.2, -0.15) is 0 Å². The van der Waals surface area contributed by atoms with Crippen LogP contribution in [0.4, 0.5) is 0 Å². The minimum atomic E-state index is -0.288. The number of aldehydes is 1. The molecule has 3 atom stereocenters. The number of carbonyl (C=O) groups excluding carboxylic acids is 3. The summed E-state index contributed by atoms with van der Waals surface area (Å²) in [6, 6.07) is 8.89. The van der Waals surface area contributed by atoms with Gasteiger partial charge in [0.25, 0.3) is 0 Å². The molecule has 9 rings (SSSR count). The Morgan fingerprint density at radius 1 is 0.700 bits per heavy atom. The van der Waals surface area contributed by atoms with Gasteiger partial charge in [-0.15, -0.1) is 37.2 Å². The molecule has 5 aromatic rings. The summed E-state index contributed by atoms with van der Waals surface area (Å²) in [5, 5.41) is 28.7. The van der Waals surface area contributed by atoms with E-state index in [1.54, 1.807) is 4.68 Å². The van der Waals surface area contributed by atoms with E-state index in [2.05, 4.69) is 112 Å². The Bertz CT molecular complexity index is 2550. The van der Waals surface area contributed by atoms with Gasteiger partial charge < -0.3 is 25.0 Å². The number of piperidine rings is 1. The van der Waals surface area contributed by atoms with Gasteiger partial charge in [-0.05, 0) is 45.4 Å². The molecule has 21 heteroatoms. The molecule has 4 fully saturated rings. The second-order valence-electron chi connectivity index (χ2n) is 18.8. The molecule has 1 saturated carbocycles. The molecule has 1 aliphatic carbocycles. The molecule has 0 radical (unpaired) electrons. The fourth-order valence-corrected chi connectivity index (χ4v) is 13.1. The smallest absolute Gasteiger partial charge is 0.233 e. The van der Waals surface area contributed by atoms with Crippen LogP contribution >= 0.6 is 35.3 Å². The second kappa shape index (κ2) is 23.9. The molecule has 3 aliphatic heterocycles. The molecule has 0 aromatic carbocycles. The van der Waals surface area contributed by atoms with Crippen LogP contribution in [0.5, 0.6) is 0 Å². The Balaban J connectivity index is 0.741. The third kappa shape index (κ3) is 11.8. The number of allylic oxidation sites excluding steroid dienone is 1. The van der Waals surface area contributed by atoms with E-state index < -0.39 is 0 Å². The number of nitrogens with zero attached hydrogens (tertiary/aromatic N) is 14. The SMILES string of the molecule is C=CCn1c(SCC(=O)N2CCCCC2)nnc1-c1cc[n+](C2CCCN(C(=O)CSc3nnc(-c4cc[n+](C5CCN(CC(C=O)Sc6nnc(C7CCCCC7)n6N)C5)cc4)n3CC)CC2)cc1. The Morgan fingerprint density at radius 2 is 1.27 bits per heavy atom. The van der Waals surface area contributed by atoms with E-state index in [0.717, 1.165) is 124 Å². The highest BCUT2D eigenvalue weighted by Crippen LogP contribution is 2.34. The van der Waals surface area contributed by atoms with Gasteiger partial charge in [0, 0.05) is 113 Å². The van der Waals surface area contributed by atoms with E-state index in [0.29, 0.717) is 53.9 Å². The van der Waals surface area contributed by atoms with E-state index in [-0.39, 0.29) is 29.1 Å². The van der Waals surface area contributed by atoms with Gasteiger partial charge in [0.2, 0.25) is 17.0 Å². The van der Waals surface area contributed by atoms with E-state index in [1.165, 1.54) is 61.0 Å². The van der Waals surface area contributed by atoms with Gasteiger partial charge in [0.1, 0.15) is 6.29 Å². The summed E-state index contributed by atoms with van der Waals surface area (Å²) in [6.45, 7) is 12.7. The molecule has 18 nitrogen and oxygen atoms in total. The normalized spacial score (nSPS) is 19.8. The lowest BCUT2D eigenvalue weighted by Crippen LogP contribution is -2.41. The van der Waals surface area contributed by atoms with Crippen molar-refractivity contribution in [2.45, 2.75) is 136 Å². The summed E-state index contributed by atoms with van der Waals surface area (Å²) in [6.07, 6.45) is 24.2. The summed E-state index contributed by atoms with van der Waals surface area (Å²) in [4.78, 5) is 45.1. The summed E-state index contributed by atoms with van der Waals surface area (Å²) >= 11 is 4.29.